The van der Waals surface area contributed by atoms with Gasteiger partial charge in [-0.05, 0) is 38.0 Å². The van der Waals surface area contributed by atoms with E-state index in [2.05, 4.69) is 18.7 Å². The molecule has 5 nitrogen and oxygen atoms in total. The zero-order valence-corrected chi connectivity index (χ0v) is 14.7. The summed E-state index contributed by atoms with van der Waals surface area (Å²) in [6.45, 7) is 7.67. The van der Waals surface area contributed by atoms with E-state index < -0.39 is 12.1 Å². The first kappa shape index (κ1) is 17.4. The Bertz CT molecular complexity index is 568. The second-order valence-corrected chi connectivity index (χ2v) is 6.67. The van der Waals surface area contributed by atoms with Crippen LogP contribution in [0.1, 0.15) is 31.7 Å². The van der Waals surface area contributed by atoms with Gasteiger partial charge in [-0.2, -0.15) is 0 Å². The Morgan fingerprint density at radius 1 is 1.21 bits per heavy atom. The summed E-state index contributed by atoms with van der Waals surface area (Å²) >= 11 is 0. The summed E-state index contributed by atoms with van der Waals surface area (Å²) in [5.74, 6) is 0.293. The fourth-order valence-corrected chi connectivity index (χ4v) is 3.59. The van der Waals surface area contributed by atoms with Gasteiger partial charge in [0.2, 0.25) is 0 Å². The van der Waals surface area contributed by atoms with Crippen LogP contribution in [0.2, 0.25) is 0 Å². The molecule has 2 aliphatic rings. The number of fused-ring (bicyclic) bond motifs is 1. The molecule has 132 valence electrons. The molecule has 2 fully saturated rings. The Kier molecular flexibility index (Phi) is 4.97. The molecule has 5 atom stereocenters. The van der Waals surface area contributed by atoms with Crippen molar-refractivity contribution in [1.29, 1.82) is 0 Å². The normalized spacial score (nSPS) is 32.3. The standard InChI is InChI=1S/C19H26O5/c1-6-7-14(12-8-10-13(20-4)11-9-12)15-16(21-5)17-18(22-15)24-19(2,3)23-17/h6,8-11,14-18H,1,7H2,2-5H3/t14-,15+,16-,17+,18+/m0/s1. The average Bonchev–Trinajstić information content (AvgIpc) is 3.03. The van der Waals surface area contributed by atoms with Gasteiger partial charge in [0.25, 0.3) is 0 Å². The minimum absolute atomic E-state index is 0.110. The van der Waals surface area contributed by atoms with Gasteiger partial charge in [0, 0.05) is 13.0 Å². The molecule has 2 saturated heterocycles. The van der Waals surface area contributed by atoms with Gasteiger partial charge >= 0.3 is 0 Å². The van der Waals surface area contributed by atoms with Gasteiger partial charge in [-0.25, -0.2) is 0 Å². The summed E-state index contributed by atoms with van der Waals surface area (Å²) in [5.41, 5.74) is 1.15. The maximum absolute atomic E-state index is 6.20. The summed E-state index contributed by atoms with van der Waals surface area (Å²) in [4.78, 5) is 0. The third kappa shape index (κ3) is 3.22. The van der Waals surface area contributed by atoms with Crippen LogP contribution in [0.3, 0.4) is 0 Å². The minimum atomic E-state index is -0.648. The van der Waals surface area contributed by atoms with Crippen LogP contribution < -0.4 is 4.74 Å². The molecule has 2 aliphatic heterocycles. The first-order chi connectivity index (χ1) is 11.5. The van der Waals surface area contributed by atoms with Crippen LogP contribution in [0.25, 0.3) is 0 Å². The number of rotatable bonds is 6. The highest BCUT2D eigenvalue weighted by Gasteiger charge is 2.56. The molecule has 0 bridgehead atoms. The lowest BCUT2D eigenvalue weighted by Crippen LogP contribution is -2.39. The maximum atomic E-state index is 6.20. The van der Waals surface area contributed by atoms with Crippen molar-refractivity contribution in [2.75, 3.05) is 14.2 Å². The Morgan fingerprint density at radius 3 is 2.50 bits per heavy atom. The molecular weight excluding hydrogens is 308 g/mol. The number of ether oxygens (including phenoxy) is 5. The molecular formula is C19H26O5. The highest BCUT2D eigenvalue weighted by atomic mass is 16.8. The minimum Gasteiger partial charge on any atom is -0.497 e. The monoisotopic (exact) mass is 334 g/mol. The van der Waals surface area contributed by atoms with Crippen molar-refractivity contribution in [2.24, 2.45) is 0 Å². The molecule has 0 amide bonds. The van der Waals surface area contributed by atoms with Crippen LogP contribution in [-0.2, 0) is 18.9 Å². The molecule has 1 aromatic carbocycles. The molecule has 0 aromatic heterocycles. The quantitative estimate of drug-likeness (QED) is 0.747. The number of benzene rings is 1. The van der Waals surface area contributed by atoms with Crippen LogP contribution in [0, 0.1) is 0 Å². The maximum Gasteiger partial charge on any atom is 0.190 e. The van der Waals surface area contributed by atoms with E-state index in [4.69, 9.17) is 23.7 Å². The van der Waals surface area contributed by atoms with Crippen molar-refractivity contribution in [3.63, 3.8) is 0 Å². The lowest BCUT2D eigenvalue weighted by molar-refractivity contribution is -0.219. The largest absolute Gasteiger partial charge is 0.497 e. The van der Waals surface area contributed by atoms with E-state index in [1.165, 1.54) is 0 Å². The highest BCUT2D eigenvalue weighted by molar-refractivity contribution is 5.31. The Balaban J connectivity index is 1.84. The lowest BCUT2D eigenvalue weighted by Gasteiger charge is -2.30. The Morgan fingerprint density at radius 2 is 1.92 bits per heavy atom. The number of hydrogen-bond acceptors (Lipinski definition) is 5. The van der Waals surface area contributed by atoms with Crippen molar-refractivity contribution >= 4 is 0 Å². The molecule has 0 unspecified atom stereocenters. The van der Waals surface area contributed by atoms with E-state index in [9.17, 15) is 0 Å². The van der Waals surface area contributed by atoms with Gasteiger partial charge in [0.15, 0.2) is 12.1 Å². The second kappa shape index (κ2) is 6.84. The Hall–Kier alpha value is -1.40. The van der Waals surface area contributed by atoms with Crippen molar-refractivity contribution in [3.05, 3.63) is 42.5 Å². The van der Waals surface area contributed by atoms with E-state index in [0.717, 1.165) is 17.7 Å². The van der Waals surface area contributed by atoms with Crippen LogP contribution in [0.4, 0.5) is 0 Å². The van der Waals surface area contributed by atoms with Gasteiger partial charge < -0.3 is 23.7 Å². The molecule has 3 rings (SSSR count). The van der Waals surface area contributed by atoms with Gasteiger partial charge in [0.1, 0.15) is 18.0 Å². The molecule has 24 heavy (non-hydrogen) atoms. The topological polar surface area (TPSA) is 46.2 Å². The van der Waals surface area contributed by atoms with Gasteiger partial charge in [-0.3, -0.25) is 0 Å². The predicted molar refractivity (Wildman–Crippen MR) is 90.0 cm³/mol. The molecule has 2 heterocycles. The van der Waals surface area contributed by atoms with E-state index in [1.54, 1.807) is 14.2 Å². The molecule has 1 aromatic rings. The summed E-state index contributed by atoms with van der Waals surface area (Å²) in [7, 11) is 3.35. The zero-order valence-electron chi connectivity index (χ0n) is 14.7. The summed E-state index contributed by atoms with van der Waals surface area (Å²) in [5, 5.41) is 0. The fraction of sp³-hybridized carbons (Fsp3) is 0.579. The average molecular weight is 334 g/mol. The van der Waals surface area contributed by atoms with Gasteiger partial charge in [-0.1, -0.05) is 18.2 Å². The van der Waals surface area contributed by atoms with Crippen LogP contribution >= 0.6 is 0 Å². The third-order valence-corrected chi connectivity index (χ3v) is 4.66. The van der Waals surface area contributed by atoms with E-state index in [1.807, 2.05) is 32.1 Å². The first-order valence-corrected chi connectivity index (χ1v) is 8.28. The van der Waals surface area contributed by atoms with Crippen molar-refractivity contribution in [1.82, 2.24) is 0 Å². The van der Waals surface area contributed by atoms with Gasteiger partial charge in [-0.15, -0.1) is 6.58 Å². The summed E-state index contributed by atoms with van der Waals surface area (Å²) in [6.07, 6.45) is 1.71. The molecule has 0 saturated carbocycles. The molecule has 0 N–H and O–H groups in total. The summed E-state index contributed by atoms with van der Waals surface area (Å²) in [6, 6.07) is 8.03. The van der Waals surface area contributed by atoms with Crippen LogP contribution in [-0.4, -0.2) is 44.6 Å². The number of allylic oxidation sites excluding steroid dienone is 1. The Labute approximate surface area is 143 Å². The number of methoxy groups -OCH3 is 2. The van der Waals surface area contributed by atoms with E-state index >= 15 is 0 Å². The lowest BCUT2D eigenvalue weighted by atomic mass is 9.87. The van der Waals surface area contributed by atoms with E-state index in [-0.39, 0.29) is 24.2 Å². The first-order valence-electron chi connectivity index (χ1n) is 8.28. The van der Waals surface area contributed by atoms with Crippen molar-refractivity contribution < 1.29 is 23.7 Å². The van der Waals surface area contributed by atoms with Crippen molar-refractivity contribution in [2.45, 2.75) is 56.6 Å². The fourth-order valence-electron chi connectivity index (χ4n) is 3.59. The SMILES string of the molecule is C=CC[C@@H](c1ccc(OC)cc1)[C@H]1O[C@@H]2OC(C)(C)O[C@@H]2[C@H]1OC. The smallest absolute Gasteiger partial charge is 0.190 e. The van der Waals surface area contributed by atoms with Crippen LogP contribution in [0.5, 0.6) is 5.75 Å². The number of hydrogen-bond donors (Lipinski definition) is 0. The molecule has 0 spiro atoms. The molecule has 0 radical (unpaired) electrons. The molecule has 0 aliphatic carbocycles. The van der Waals surface area contributed by atoms with Crippen molar-refractivity contribution in [3.8, 4) is 5.75 Å². The third-order valence-electron chi connectivity index (χ3n) is 4.66. The second-order valence-electron chi connectivity index (χ2n) is 6.67. The highest BCUT2D eigenvalue weighted by Crippen LogP contribution is 2.43. The predicted octanol–water partition coefficient (Wildman–Crippen LogP) is 3.25. The molecule has 5 heteroatoms. The summed E-state index contributed by atoms with van der Waals surface area (Å²) < 4.78 is 29.0. The van der Waals surface area contributed by atoms with Crippen LogP contribution in [0.15, 0.2) is 36.9 Å². The van der Waals surface area contributed by atoms with Gasteiger partial charge in [0.05, 0.1) is 13.2 Å². The zero-order chi connectivity index (χ0) is 17.3. The van der Waals surface area contributed by atoms with E-state index in [0.29, 0.717) is 0 Å².